The molecular weight excluding hydrogens is 216 g/mol. The lowest BCUT2D eigenvalue weighted by Crippen LogP contribution is -2.12. The van der Waals surface area contributed by atoms with E-state index in [4.69, 9.17) is 4.74 Å². The maximum atomic E-state index is 11.9. The van der Waals surface area contributed by atoms with Crippen LogP contribution in [-0.2, 0) is 9.53 Å². The van der Waals surface area contributed by atoms with Crippen LogP contribution in [0, 0.1) is 6.92 Å². The van der Waals surface area contributed by atoms with Crippen LogP contribution in [0.2, 0.25) is 0 Å². The standard InChI is InChI=1S/C13H18N2O2/c1-5-17-13(16)12(9-15(3)4)11-7-6-8-14-10(11)2/h6-9H,5H2,1-4H3. The van der Waals surface area contributed by atoms with Crippen LogP contribution in [0.5, 0.6) is 0 Å². The molecule has 4 heteroatoms. The lowest BCUT2D eigenvalue weighted by atomic mass is 10.1. The second-order valence-electron chi connectivity index (χ2n) is 3.86. The van der Waals surface area contributed by atoms with E-state index in [1.807, 2.05) is 38.1 Å². The van der Waals surface area contributed by atoms with Crippen LogP contribution < -0.4 is 0 Å². The molecule has 0 unspecified atom stereocenters. The van der Waals surface area contributed by atoms with Gasteiger partial charge in [0.25, 0.3) is 0 Å². The average Bonchev–Trinajstić information content (AvgIpc) is 2.27. The number of carbonyl (C=O) groups excluding carboxylic acids is 1. The Kier molecular flexibility index (Phi) is 4.69. The molecule has 0 aliphatic heterocycles. The highest BCUT2D eigenvalue weighted by molar-refractivity contribution is 6.16. The molecule has 1 aromatic heterocycles. The number of aromatic nitrogens is 1. The number of aryl methyl sites for hydroxylation is 1. The summed E-state index contributed by atoms with van der Waals surface area (Å²) in [5.74, 6) is -0.322. The number of esters is 1. The van der Waals surface area contributed by atoms with E-state index in [0.29, 0.717) is 12.2 Å². The van der Waals surface area contributed by atoms with Crippen molar-refractivity contribution in [3.63, 3.8) is 0 Å². The van der Waals surface area contributed by atoms with Gasteiger partial charge in [-0.2, -0.15) is 0 Å². The van der Waals surface area contributed by atoms with Gasteiger partial charge in [0.1, 0.15) is 0 Å². The molecule has 0 bridgehead atoms. The minimum atomic E-state index is -0.322. The van der Waals surface area contributed by atoms with Gasteiger partial charge in [-0.3, -0.25) is 4.98 Å². The quantitative estimate of drug-likeness (QED) is 0.589. The topological polar surface area (TPSA) is 42.4 Å². The highest BCUT2D eigenvalue weighted by Crippen LogP contribution is 2.18. The molecule has 17 heavy (non-hydrogen) atoms. The second kappa shape index (κ2) is 6.03. The lowest BCUT2D eigenvalue weighted by molar-refractivity contribution is -0.136. The van der Waals surface area contributed by atoms with E-state index in [0.717, 1.165) is 11.3 Å². The van der Waals surface area contributed by atoms with Crippen molar-refractivity contribution in [2.75, 3.05) is 20.7 Å². The third kappa shape index (κ3) is 3.59. The van der Waals surface area contributed by atoms with E-state index in [1.54, 1.807) is 19.3 Å². The number of hydrogen-bond acceptors (Lipinski definition) is 4. The van der Waals surface area contributed by atoms with E-state index in [-0.39, 0.29) is 5.97 Å². The summed E-state index contributed by atoms with van der Waals surface area (Å²) in [6.07, 6.45) is 3.46. The zero-order valence-electron chi connectivity index (χ0n) is 10.7. The molecule has 0 aromatic carbocycles. The van der Waals surface area contributed by atoms with Gasteiger partial charge in [0.05, 0.1) is 12.2 Å². The second-order valence-corrected chi connectivity index (χ2v) is 3.86. The van der Waals surface area contributed by atoms with E-state index in [1.165, 1.54) is 0 Å². The molecule has 1 aromatic rings. The molecular formula is C13H18N2O2. The van der Waals surface area contributed by atoms with Crippen LogP contribution >= 0.6 is 0 Å². The monoisotopic (exact) mass is 234 g/mol. The SMILES string of the molecule is CCOC(=O)C(=CN(C)C)c1cccnc1C. The Hall–Kier alpha value is -1.84. The zero-order valence-corrected chi connectivity index (χ0v) is 10.7. The fraction of sp³-hybridized carbons (Fsp3) is 0.385. The van der Waals surface area contributed by atoms with Crippen molar-refractivity contribution in [1.29, 1.82) is 0 Å². The molecule has 4 nitrogen and oxygen atoms in total. The van der Waals surface area contributed by atoms with Gasteiger partial charge in [0, 0.05) is 37.7 Å². The van der Waals surface area contributed by atoms with Crippen LogP contribution in [0.4, 0.5) is 0 Å². The van der Waals surface area contributed by atoms with Gasteiger partial charge >= 0.3 is 5.97 Å². The van der Waals surface area contributed by atoms with Crippen LogP contribution in [0.15, 0.2) is 24.5 Å². The summed E-state index contributed by atoms with van der Waals surface area (Å²) in [6.45, 7) is 4.03. The average molecular weight is 234 g/mol. The Balaban J connectivity index is 3.16. The van der Waals surface area contributed by atoms with Crippen molar-refractivity contribution in [2.45, 2.75) is 13.8 Å². The molecule has 1 rings (SSSR count). The van der Waals surface area contributed by atoms with Crippen molar-refractivity contribution in [3.8, 4) is 0 Å². The Morgan fingerprint density at radius 2 is 2.24 bits per heavy atom. The molecule has 92 valence electrons. The van der Waals surface area contributed by atoms with Gasteiger partial charge in [-0.1, -0.05) is 6.07 Å². The van der Waals surface area contributed by atoms with E-state index < -0.39 is 0 Å². The molecule has 1 heterocycles. The summed E-state index contributed by atoms with van der Waals surface area (Å²) in [5, 5.41) is 0. The van der Waals surface area contributed by atoms with Crippen molar-refractivity contribution >= 4 is 11.5 Å². The maximum Gasteiger partial charge on any atom is 0.340 e. The van der Waals surface area contributed by atoms with Crippen molar-refractivity contribution < 1.29 is 9.53 Å². The Bertz CT molecular complexity index is 425. The van der Waals surface area contributed by atoms with Crippen molar-refractivity contribution in [2.24, 2.45) is 0 Å². The molecule has 0 atom stereocenters. The number of pyridine rings is 1. The van der Waals surface area contributed by atoms with E-state index in [2.05, 4.69) is 4.98 Å². The first kappa shape index (κ1) is 13.2. The highest BCUT2D eigenvalue weighted by atomic mass is 16.5. The first-order valence-corrected chi connectivity index (χ1v) is 5.53. The molecule has 0 amide bonds. The van der Waals surface area contributed by atoms with Gasteiger partial charge in [-0.25, -0.2) is 4.79 Å². The van der Waals surface area contributed by atoms with Gasteiger partial charge < -0.3 is 9.64 Å². The highest BCUT2D eigenvalue weighted by Gasteiger charge is 2.15. The molecule has 0 aliphatic carbocycles. The van der Waals surface area contributed by atoms with Gasteiger partial charge in [0.15, 0.2) is 0 Å². The summed E-state index contributed by atoms with van der Waals surface area (Å²) in [6, 6.07) is 3.68. The third-order valence-electron chi connectivity index (χ3n) is 2.18. The summed E-state index contributed by atoms with van der Waals surface area (Å²) in [4.78, 5) is 17.9. The summed E-state index contributed by atoms with van der Waals surface area (Å²) < 4.78 is 5.05. The largest absolute Gasteiger partial charge is 0.462 e. The van der Waals surface area contributed by atoms with Crippen LogP contribution in [-0.4, -0.2) is 36.6 Å². The van der Waals surface area contributed by atoms with Crippen molar-refractivity contribution in [1.82, 2.24) is 9.88 Å². The first-order valence-electron chi connectivity index (χ1n) is 5.53. The predicted octanol–water partition coefficient (Wildman–Crippen LogP) is 1.86. The molecule has 0 aliphatic rings. The number of nitrogens with zero attached hydrogens (tertiary/aromatic N) is 2. The number of carbonyl (C=O) groups is 1. The van der Waals surface area contributed by atoms with Crippen molar-refractivity contribution in [3.05, 3.63) is 35.8 Å². The van der Waals surface area contributed by atoms with Gasteiger partial charge in [-0.05, 0) is 19.9 Å². The van der Waals surface area contributed by atoms with E-state index in [9.17, 15) is 4.79 Å². The minimum absolute atomic E-state index is 0.322. The van der Waals surface area contributed by atoms with Crippen LogP contribution in [0.3, 0.4) is 0 Å². The van der Waals surface area contributed by atoms with Gasteiger partial charge in [0.2, 0.25) is 0 Å². The zero-order chi connectivity index (χ0) is 12.8. The Labute approximate surface area is 102 Å². The Morgan fingerprint density at radius 1 is 1.53 bits per heavy atom. The van der Waals surface area contributed by atoms with Crippen LogP contribution in [0.1, 0.15) is 18.2 Å². The molecule has 0 N–H and O–H groups in total. The fourth-order valence-electron chi connectivity index (χ4n) is 1.47. The normalized spacial score (nSPS) is 11.2. The third-order valence-corrected chi connectivity index (χ3v) is 2.18. The molecule has 0 fully saturated rings. The molecule has 0 spiro atoms. The lowest BCUT2D eigenvalue weighted by Gasteiger charge is -2.12. The minimum Gasteiger partial charge on any atom is -0.462 e. The predicted molar refractivity (Wildman–Crippen MR) is 67.3 cm³/mol. The fourth-order valence-corrected chi connectivity index (χ4v) is 1.47. The van der Waals surface area contributed by atoms with Gasteiger partial charge in [-0.15, -0.1) is 0 Å². The molecule has 0 radical (unpaired) electrons. The number of ether oxygens (including phenoxy) is 1. The number of hydrogen-bond donors (Lipinski definition) is 0. The molecule has 0 saturated heterocycles. The maximum absolute atomic E-state index is 11.9. The molecule has 0 saturated carbocycles. The first-order chi connectivity index (χ1) is 8.06. The summed E-state index contributed by atoms with van der Waals surface area (Å²) >= 11 is 0. The Morgan fingerprint density at radius 3 is 2.76 bits per heavy atom. The summed E-state index contributed by atoms with van der Waals surface area (Å²) in [7, 11) is 3.73. The number of rotatable bonds is 4. The van der Waals surface area contributed by atoms with Crippen LogP contribution in [0.25, 0.3) is 5.57 Å². The smallest absolute Gasteiger partial charge is 0.340 e. The summed E-state index contributed by atoms with van der Waals surface area (Å²) in [5.41, 5.74) is 2.15. The van der Waals surface area contributed by atoms with E-state index >= 15 is 0 Å².